The van der Waals surface area contributed by atoms with Gasteiger partial charge < -0.3 is 5.11 Å². The number of aliphatic hydroxyl groups is 1. The molecular formula is C28H48O. The Morgan fingerprint density at radius 3 is 2.34 bits per heavy atom. The fraction of sp³-hybridized carbons (Fsp3) is 0.929. The van der Waals surface area contributed by atoms with Gasteiger partial charge in [0.2, 0.25) is 0 Å². The van der Waals surface area contributed by atoms with Gasteiger partial charge in [0, 0.05) is 0 Å². The van der Waals surface area contributed by atoms with E-state index in [9.17, 15) is 5.11 Å². The van der Waals surface area contributed by atoms with Crippen molar-refractivity contribution in [2.24, 2.45) is 52.3 Å². The van der Waals surface area contributed by atoms with Gasteiger partial charge in [-0.2, -0.15) is 0 Å². The number of hydrogen-bond donors (Lipinski definition) is 1. The first-order chi connectivity index (χ1) is 13.7. The second-order valence-corrected chi connectivity index (χ2v) is 12.6. The van der Waals surface area contributed by atoms with Crippen LogP contribution < -0.4 is 0 Å². The number of allylic oxidation sites excluding steroid dienone is 1. The first kappa shape index (κ1) is 21.9. The van der Waals surface area contributed by atoms with Crippen LogP contribution in [0, 0.1) is 52.3 Å². The number of aliphatic hydroxyl groups excluding tert-OH is 1. The molecule has 0 aromatic heterocycles. The smallest absolute Gasteiger partial charge is 0.0543 e. The van der Waals surface area contributed by atoms with Crippen molar-refractivity contribution in [3.05, 3.63) is 12.2 Å². The third-order valence-electron chi connectivity index (χ3n) is 11.1. The summed E-state index contributed by atoms with van der Waals surface area (Å²) >= 11 is 0. The molecule has 1 nitrogen and oxygen atoms in total. The Morgan fingerprint density at radius 1 is 0.931 bits per heavy atom. The van der Waals surface area contributed by atoms with Crippen LogP contribution in [0.1, 0.15) is 105 Å². The van der Waals surface area contributed by atoms with E-state index in [1.165, 1.54) is 63.4 Å². The summed E-state index contributed by atoms with van der Waals surface area (Å²) in [6.07, 6.45) is 14.7. The topological polar surface area (TPSA) is 20.2 Å². The minimum atomic E-state index is -0.0178. The van der Waals surface area contributed by atoms with Crippen LogP contribution in [-0.2, 0) is 0 Å². The van der Waals surface area contributed by atoms with Crippen molar-refractivity contribution in [3.63, 3.8) is 0 Å². The summed E-state index contributed by atoms with van der Waals surface area (Å²) in [5, 5.41) is 10.3. The second kappa shape index (κ2) is 7.99. The van der Waals surface area contributed by atoms with Crippen molar-refractivity contribution >= 4 is 0 Å². The minimum Gasteiger partial charge on any atom is -0.393 e. The van der Waals surface area contributed by atoms with E-state index in [-0.39, 0.29) is 6.10 Å². The highest BCUT2D eigenvalue weighted by Gasteiger charge is 2.60. The molecule has 4 saturated carbocycles. The maximum atomic E-state index is 10.3. The fourth-order valence-corrected chi connectivity index (χ4v) is 9.11. The van der Waals surface area contributed by atoms with Crippen molar-refractivity contribution in [2.45, 2.75) is 111 Å². The van der Waals surface area contributed by atoms with Crippen molar-refractivity contribution in [1.82, 2.24) is 0 Å². The summed E-state index contributed by atoms with van der Waals surface area (Å²) in [5.74, 6) is 6.05. The van der Waals surface area contributed by atoms with Gasteiger partial charge in [0.05, 0.1) is 6.10 Å². The Balaban J connectivity index is 1.46. The molecule has 0 aliphatic heterocycles. The lowest BCUT2D eigenvalue weighted by molar-refractivity contribution is -0.129. The van der Waals surface area contributed by atoms with Crippen molar-refractivity contribution in [1.29, 1.82) is 0 Å². The molecule has 0 amide bonds. The highest BCUT2D eigenvalue weighted by Crippen LogP contribution is 2.68. The summed E-state index contributed by atoms with van der Waals surface area (Å²) < 4.78 is 0. The minimum absolute atomic E-state index is 0.0178. The Kier molecular flexibility index (Phi) is 6.04. The van der Waals surface area contributed by atoms with Crippen molar-refractivity contribution < 1.29 is 5.11 Å². The van der Waals surface area contributed by atoms with Gasteiger partial charge in [0.25, 0.3) is 0 Å². The van der Waals surface area contributed by atoms with Crippen LogP contribution in [0.15, 0.2) is 12.2 Å². The zero-order chi connectivity index (χ0) is 21.0. The summed E-state index contributed by atoms with van der Waals surface area (Å²) in [7, 11) is 0. The van der Waals surface area contributed by atoms with Gasteiger partial charge in [0.15, 0.2) is 0 Å². The molecule has 1 unspecified atom stereocenters. The lowest BCUT2D eigenvalue weighted by Gasteiger charge is -2.61. The molecule has 4 rings (SSSR count). The van der Waals surface area contributed by atoms with Gasteiger partial charge in [-0.1, -0.05) is 46.8 Å². The zero-order valence-corrected chi connectivity index (χ0v) is 20.1. The Bertz CT molecular complexity index is 607. The molecule has 4 aliphatic carbocycles. The molecule has 166 valence electrons. The first-order valence-corrected chi connectivity index (χ1v) is 13.0. The second-order valence-electron chi connectivity index (χ2n) is 12.6. The molecule has 4 aliphatic rings. The summed E-state index contributed by atoms with van der Waals surface area (Å²) in [4.78, 5) is 0. The lowest BCUT2D eigenvalue weighted by Crippen LogP contribution is -2.54. The van der Waals surface area contributed by atoms with Gasteiger partial charge in [-0.05, 0) is 123 Å². The molecule has 0 aromatic carbocycles. The van der Waals surface area contributed by atoms with E-state index in [0.717, 1.165) is 48.3 Å². The average Bonchev–Trinajstić information content (AvgIpc) is 3.03. The molecule has 0 bridgehead atoms. The quantitative estimate of drug-likeness (QED) is 0.470. The van der Waals surface area contributed by atoms with Crippen LogP contribution >= 0.6 is 0 Å². The Labute approximate surface area is 181 Å². The van der Waals surface area contributed by atoms with E-state index in [1.54, 1.807) is 0 Å². The molecule has 1 N–H and O–H groups in total. The highest BCUT2D eigenvalue weighted by molar-refractivity contribution is 5.10. The standard InChI is InChI=1S/C28H48O/c1-18(2)19(3)7-8-20(4)24-11-12-25-23-10-9-21-17-22(29)13-15-27(21,5)26(23)14-16-28(24,25)6/h18,20-26,29H,3,7-17H2,1-2,4-6H3/t20-,21?,22+,23+,24-,25+,26+,27+,28-/m1/s1. The van der Waals surface area contributed by atoms with Gasteiger partial charge in [-0.3, -0.25) is 0 Å². The molecule has 0 saturated heterocycles. The summed E-state index contributed by atoms with van der Waals surface area (Å²) in [6.45, 7) is 16.8. The van der Waals surface area contributed by atoms with Crippen LogP contribution in [-0.4, -0.2) is 11.2 Å². The van der Waals surface area contributed by atoms with Gasteiger partial charge in [0.1, 0.15) is 0 Å². The van der Waals surface area contributed by atoms with E-state index in [2.05, 4.69) is 41.2 Å². The molecular weight excluding hydrogens is 352 g/mol. The van der Waals surface area contributed by atoms with E-state index in [1.807, 2.05) is 0 Å². The monoisotopic (exact) mass is 400 g/mol. The highest BCUT2D eigenvalue weighted by atomic mass is 16.3. The van der Waals surface area contributed by atoms with Crippen LogP contribution in [0.3, 0.4) is 0 Å². The molecule has 4 fully saturated rings. The van der Waals surface area contributed by atoms with Crippen LogP contribution in [0.2, 0.25) is 0 Å². The Morgan fingerprint density at radius 2 is 1.62 bits per heavy atom. The van der Waals surface area contributed by atoms with Crippen LogP contribution in [0.4, 0.5) is 0 Å². The van der Waals surface area contributed by atoms with Crippen LogP contribution in [0.5, 0.6) is 0 Å². The molecule has 0 heterocycles. The third-order valence-corrected chi connectivity index (χ3v) is 11.1. The van der Waals surface area contributed by atoms with Crippen molar-refractivity contribution in [2.75, 3.05) is 0 Å². The summed E-state index contributed by atoms with van der Waals surface area (Å²) in [5.41, 5.74) is 2.55. The fourth-order valence-electron chi connectivity index (χ4n) is 9.11. The SMILES string of the molecule is C=C(CC[C@@H](C)[C@H]1CC[C@H]2[C@@H]3CCC4C[C@@H](O)CC[C@]4(C)[C@H]3CC[C@]12C)C(C)C. The summed E-state index contributed by atoms with van der Waals surface area (Å²) in [6, 6.07) is 0. The predicted molar refractivity (Wildman–Crippen MR) is 124 cm³/mol. The predicted octanol–water partition coefficient (Wildman–Crippen LogP) is 7.63. The van der Waals surface area contributed by atoms with Crippen molar-refractivity contribution in [3.8, 4) is 0 Å². The van der Waals surface area contributed by atoms with E-state index >= 15 is 0 Å². The Hall–Kier alpha value is -0.300. The van der Waals surface area contributed by atoms with E-state index < -0.39 is 0 Å². The lowest BCUT2D eigenvalue weighted by atomic mass is 9.44. The maximum Gasteiger partial charge on any atom is 0.0543 e. The zero-order valence-electron chi connectivity index (χ0n) is 20.1. The van der Waals surface area contributed by atoms with Gasteiger partial charge in [-0.15, -0.1) is 0 Å². The molecule has 0 spiro atoms. The van der Waals surface area contributed by atoms with E-state index in [4.69, 9.17) is 0 Å². The molecule has 1 heteroatoms. The van der Waals surface area contributed by atoms with Gasteiger partial charge >= 0.3 is 0 Å². The largest absolute Gasteiger partial charge is 0.393 e. The molecule has 9 atom stereocenters. The molecule has 29 heavy (non-hydrogen) atoms. The third kappa shape index (κ3) is 3.66. The maximum absolute atomic E-state index is 10.3. The number of hydrogen-bond acceptors (Lipinski definition) is 1. The van der Waals surface area contributed by atoms with Crippen LogP contribution in [0.25, 0.3) is 0 Å². The van der Waals surface area contributed by atoms with E-state index in [0.29, 0.717) is 16.7 Å². The number of fused-ring (bicyclic) bond motifs is 5. The first-order valence-electron chi connectivity index (χ1n) is 13.0. The normalized spacial score (nSPS) is 48.0. The average molecular weight is 401 g/mol. The van der Waals surface area contributed by atoms with Gasteiger partial charge in [-0.25, -0.2) is 0 Å². The number of rotatable bonds is 5. The molecule has 0 radical (unpaired) electrons. The molecule has 0 aromatic rings.